The van der Waals surface area contributed by atoms with Crippen molar-refractivity contribution in [1.29, 1.82) is 0 Å². The highest BCUT2D eigenvalue weighted by Gasteiger charge is 2.47. The lowest BCUT2D eigenvalue weighted by Gasteiger charge is -2.21. The van der Waals surface area contributed by atoms with Crippen LogP contribution in [0.2, 0.25) is 0 Å². The molecule has 1 aromatic carbocycles. The molecule has 1 aliphatic heterocycles. The minimum absolute atomic E-state index is 0.248. The van der Waals surface area contributed by atoms with Crippen molar-refractivity contribution in [2.75, 3.05) is 20.2 Å². The lowest BCUT2D eigenvalue weighted by Crippen LogP contribution is -2.45. The molecule has 162 valence electrons. The lowest BCUT2D eigenvalue weighted by molar-refractivity contribution is -0.134. The fourth-order valence-electron chi connectivity index (χ4n) is 3.94. The fourth-order valence-corrected chi connectivity index (χ4v) is 3.94. The first-order chi connectivity index (χ1) is 14.4. The van der Waals surface area contributed by atoms with E-state index in [1.54, 1.807) is 14.0 Å². The van der Waals surface area contributed by atoms with E-state index in [2.05, 4.69) is 16.7 Å². The topological polar surface area (TPSA) is 87.7 Å². The summed E-state index contributed by atoms with van der Waals surface area (Å²) in [5.41, 5.74) is 1.42. The van der Waals surface area contributed by atoms with Crippen molar-refractivity contribution in [3.8, 4) is 5.75 Å². The van der Waals surface area contributed by atoms with Crippen molar-refractivity contribution in [1.82, 2.24) is 15.5 Å². The molecule has 7 heteroatoms. The van der Waals surface area contributed by atoms with Gasteiger partial charge in [-0.05, 0) is 69.6 Å². The van der Waals surface area contributed by atoms with Gasteiger partial charge in [0.25, 0.3) is 5.91 Å². The van der Waals surface area contributed by atoms with E-state index in [0.717, 1.165) is 35.5 Å². The van der Waals surface area contributed by atoms with E-state index in [9.17, 15) is 14.4 Å². The number of rotatable bonds is 9. The van der Waals surface area contributed by atoms with Crippen LogP contribution in [0.25, 0.3) is 0 Å². The second kappa shape index (κ2) is 9.78. The second-order valence-electron chi connectivity index (χ2n) is 8.21. The van der Waals surface area contributed by atoms with Crippen LogP contribution in [0.15, 0.2) is 35.9 Å². The zero-order valence-electron chi connectivity index (χ0n) is 17.8. The first kappa shape index (κ1) is 21.9. The summed E-state index contributed by atoms with van der Waals surface area (Å²) in [4.78, 5) is 38.5. The van der Waals surface area contributed by atoms with Crippen LogP contribution in [0.1, 0.15) is 51.0 Å². The number of allylic oxidation sites excluding steroid dienone is 1. The SMILES string of the molecule is COc1ccc(CC[C@@]2(C)NC(=O)N(CC(=O)NCCC3=CCCCC3)C2=O)cc1. The van der Waals surface area contributed by atoms with Crippen LogP contribution >= 0.6 is 0 Å². The van der Waals surface area contributed by atoms with E-state index >= 15 is 0 Å². The Kier molecular flexibility index (Phi) is 7.13. The third kappa shape index (κ3) is 5.40. The molecule has 1 aromatic rings. The van der Waals surface area contributed by atoms with Gasteiger partial charge in [0.2, 0.25) is 5.91 Å². The molecule has 0 radical (unpaired) electrons. The number of carbonyl (C=O) groups excluding carboxylic acids is 3. The van der Waals surface area contributed by atoms with Crippen LogP contribution in [0.3, 0.4) is 0 Å². The van der Waals surface area contributed by atoms with Gasteiger partial charge in [-0.3, -0.25) is 14.5 Å². The molecule has 0 unspecified atom stereocenters. The first-order valence-electron chi connectivity index (χ1n) is 10.6. The van der Waals surface area contributed by atoms with E-state index in [4.69, 9.17) is 4.74 Å². The Morgan fingerprint density at radius 3 is 2.63 bits per heavy atom. The van der Waals surface area contributed by atoms with Crippen molar-refractivity contribution in [3.05, 3.63) is 41.5 Å². The quantitative estimate of drug-likeness (QED) is 0.481. The summed E-state index contributed by atoms with van der Waals surface area (Å²) >= 11 is 0. The standard InChI is InChI=1S/C23H31N3O4/c1-23(14-12-18-8-10-19(30-2)11-9-18)21(28)26(22(29)25-23)16-20(27)24-15-13-17-6-4-3-5-7-17/h6,8-11H,3-5,7,12-16H2,1-2H3,(H,24,27)(H,25,29)/t23-/m1/s1. The number of nitrogens with one attached hydrogen (secondary N) is 2. The maximum Gasteiger partial charge on any atom is 0.325 e. The maximum atomic E-state index is 12.8. The number of ether oxygens (including phenoxy) is 1. The van der Waals surface area contributed by atoms with E-state index < -0.39 is 11.6 Å². The molecule has 0 aromatic heterocycles. The Morgan fingerprint density at radius 2 is 1.97 bits per heavy atom. The van der Waals surface area contributed by atoms with Gasteiger partial charge >= 0.3 is 6.03 Å². The predicted molar refractivity (Wildman–Crippen MR) is 114 cm³/mol. The molecule has 7 nitrogen and oxygen atoms in total. The fraction of sp³-hybridized carbons (Fsp3) is 0.522. The van der Waals surface area contributed by atoms with E-state index in [1.165, 1.54) is 18.4 Å². The predicted octanol–water partition coefficient (Wildman–Crippen LogP) is 2.95. The number of urea groups is 1. The zero-order chi connectivity index (χ0) is 21.6. The van der Waals surface area contributed by atoms with Crippen LogP contribution in [0.5, 0.6) is 5.75 Å². The van der Waals surface area contributed by atoms with Gasteiger partial charge in [-0.2, -0.15) is 0 Å². The number of amides is 4. The summed E-state index contributed by atoms with van der Waals surface area (Å²) in [6, 6.07) is 7.11. The molecule has 3 rings (SSSR count). The molecular formula is C23H31N3O4. The normalized spacial score (nSPS) is 21.3. The van der Waals surface area contributed by atoms with Crippen molar-refractivity contribution in [2.45, 2.75) is 57.4 Å². The summed E-state index contributed by atoms with van der Waals surface area (Å²) < 4.78 is 5.15. The van der Waals surface area contributed by atoms with Crippen molar-refractivity contribution in [3.63, 3.8) is 0 Å². The van der Waals surface area contributed by atoms with Gasteiger partial charge in [0, 0.05) is 6.54 Å². The van der Waals surface area contributed by atoms with Crippen molar-refractivity contribution < 1.29 is 19.1 Å². The minimum Gasteiger partial charge on any atom is -0.497 e. The van der Waals surface area contributed by atoms with Gasteiger partial charge in [-0.15, -0.1) is 0 Å². The van der Waals surface area contributed by atoms with Gasteiger partial charge in [0.1, 0.15) is 17.8 Å². The largest absolute Gasteiger partial charge is 0.497 e. The van der Waals surface area contributed by atoms with Gasteiger partial charge in [-0.25, -0.2) is 4.79 Å². The summed E-state index contributed by atoms with van der Waals surface area (Å²) in [7, 11) is 1.61. The Labute approximate surface area is 177 Å². The van der Waals surface area contributed by atoms with Crippen molar-refractivity contribution >= 4 is 17.8 Å². The Bertz CT molecular complexity index is 818. The molecule has 0 spiro atoms. The number of hydrogen-bond donors (Lipinski definition) is 2. The molecule has 4 amide bonds. The Morgan fingerprint density at radius 1 is 1.20 bits per heavy atom. The van der Waals surface area contributed by atoms with Crippen LogP contribution in [-0.4, -0.2) is 48.5 Å². The van der Waals surface area contributed by atoms with E-state index in [0.29, 0.717) is 19.4 Å². The third-order valence-electron chi connectivity index (χ3n) is 5.87. The number of aryl methyl sites for hydroxylation is 1. The number of hydrogen-bond acceptors (Lipinski definition) is 4. The lowest BCUT2D eigenvalue weighted by atomic mass is 9.93. The van der Waals surface area contributed by atoms with E-state index in [-0.39, 0.29) is 18.4 Å². The van der Waals surface area contributed by atoms with Crippen LogP contribution in [-0.2, 0) is 16.0 Å². The molecule has 1 saturated heterocycles. The van der Waals surface area contributed by atoms with Gasteiger partial charge < -0.3 is 15.4 Å². The number of carbonyl (C=O) groups is 3. The summed E-state index contributed by atoms with van der Waals surface area (Å²) in [5, 5.41) is 5.59. The van der Waals surface area contributed by atoms with Gasteiger partial charge in [-0.1, -0.05) is 23.8 Å². The molecule has 30 heavy (non-hydrogen) atoms. The van der Waals surface area contributed by atoms with Gasteiger partial charge in [0.05, 0.1) is 7.11 Å². The Balaban J connectivity index is 1.48. The molecule has 1 fully saturated rings. The average Bonchev–Trinajstić information content (AvgIpc) is 2.97. The highest BCUT2D eigenvalue weighted by atomic mass is 16.5. The summed E-state index contributed by atoms with van der Waals surface area (Å²) in [6.45, 7) is 2.00. The summed E-state index contributed by atoms with van der Waals surface area (Å²) in [6.07, 6.45) is 8.80. The van der Waals surface area contributed by atoms with Crippen LogP contribution in [0.4, 0.5) is 4.79 Å². The van der Waals surface area contributed by atoms with Crippen LogP contribution < -0.4 is 15.4 Å². The second-order valence-corrected chi connectivity index (χ2v) is 8.21. The third-order valence-corrected chi connectivity index (χ3v) is 5.87. The zero-order valence-corrected chi connectivity index (χ0v) is 17.8. The Hall–Kier alpha value is -2.83. The highest BCUT2D eigenvalue weighted by Crippen LogP contribution is 2.24. The van der Waals surface area contributed by atoms with E-state index in [1.807, 2.05) is 24.3 Å². The molecular weight excluding hydrogens is 382 g/mol. The smallest absolute Gasteiger partial charge is 0.325 e. The number of methoxy groups -OCH3 is 1. The monoisotopic (exact) mass is 413 g/mol. The molecule has 1 atom stereocenters. The highest BCUT2D eigenvalue weighted by molar-refractivity contribution is 6.08. The maximum absolute atomic E-state index is 12.8. The molecule has 2 aliphatic rings. The van der Waals surface area contributed by atoms with Crippen LogP contribution in [0, 0.1) is 0 Å². The molecule has 1 aliphatic carbocycles. The number of imide groups is 1. The van der Waals surface area contributed by atoms with Gasteiger partial charge in [0.15, 0.2) is 0 Å². The minimum atomic E-state index is -1.01. The first-order valence-corrected chi connectivity index (χ1v) is 10.6. The molecule has 2 N–H and O–H groups in total. The molecule has 0 saturated carbocycles. The number of nitrogens with zero attached hydrogens (tertiary/aromatic N) is 1. The number of benzene rings is 1. The van der Waals surface area contributed by atoms with Crippen molar-refractivity contribution in [2.24, 2.45) is 0 Å². The summed E-state index contributed by atoms with van der Waals surface area (Å²) in [5.74, 6) is 0.104. The average molecular weight is 414 g/mol. The molecule has 1 heterocycles. The molecule has 0 bridgehead atoms.